The van der Waals surface area contributed by atoms with Gasteiger partial charge in [0.25, 0.3) is 0 Å². The van der Waals surface area contributed by atoms with E-state index in [1.54, 1.807) is 4.31 Å². The minimum absolute atomic E-state index is 0.0839. The first kappa shape index (κ1) is 22.4. The molecule has 162 valence electrons. The monoisotopic (exact) mass is 439 g/mol. The van der Waals surface area contributed by atoms with Gasteiger partial charge in [-0.2, -0.15) is 11.8 Å². The zero-order valence-electron chi connectivity index (χ0n) is 17.3. The molecule has 0 spiro atoms. The number of guanidine groups is 1. The number of benzene rings is 1. The van der Waals surface area contributed by atoms with E-state index in [0.717, 1.165) is 56.7 Å². The molecule has 3 rings (SSSR count). The van der Waals surface area contributed by atoms with Crippen molar-refractivity contribution < 1.29 is 8.42 Å². The van der Waals surface area contributed by atoms with E-state index in [0.29, 0.717) is 19.6 Å². The van der Waals surface area contributed by atoms with E-state index in [9.17, 15) is 8.42 Å². The third-order valence-electron chi connectivity index (χ3n) is 5.23. The van der Waals surface area contributed by atoms with Gasteiger partial charge in [0.1, 0.15) is 0 Å². The summed E-state index contributed by atoms with van der Waals surface area (Å²) in [5, 5.41) is 3.33. The van der Waals surface area contributed by atoms with Crippen molar-refractivity contribution >= 4 is 27.7 Å². The summed E-state index contributed by atoms with van der Waals surface area (Å²) in [6.45, 7) is 9.09. The lowest BCUT2D eigenvalue weighted by molar-refractivity contribution is 0.172. The van der Waals surface area contributed by atoms with Gasteiger partial charge in [0.05, 0.1) is 12.3 Å². The number of rotatable bonds is 7. The fourth-order valence-electron chi connectivity index (χ4n) is 3.61. The molecule has 0 aliphatic carbocycles. The maximum absolute atomic E-state index is 12.5. The summed E-state index contributed by atoms with van der Waals surface area (Å²) in [7, 11) is -3.21. The summed E-state index contributed by atoms with van der Waals surface area (Å²) in [5.74, 6) is 2.69. The lowest BCUT2D eigenvalue weighted by Crippen LogP contribution is -2.52. The van der Waals surface area contributed by atoms with E-state index in [2.05, 4.69) is 44.4 Å². The Hall–Kier alpha value is -1.29. The molecule has 0 saturated carbocycles. The van der Waals surface area contributed by atoms with Gasteiger partial charge in [0.15, 0.2) is 5.96 Å². The number of hydrogen-bond donors (Lipinski definition) is 1. The third kappa shape index (κ3) is 6.87. The van der Waals surface area contributed by atoms with Crippen LogP contribution < -0.4 is 5.32 Å². The van der Waals surface area contributed by atoms with Gasteiger partial charge < -0.3 is 10.2 Å². The maximum atomic E-state index is 12.5. The number of nitrogens with zero attached hydrogens (tertiary/aromatic N) is 4. The van der Waals surface area contributed by atoms with Gasteiger partial charge >= 0.3 is 0 Å². The van der Waals surface area contributed by atoms with Crippen molar-refractivity contribution in [3.8, 4) is 0 Å². The van der Waals surface area contributed by atoms with Crippen LogP contribution in [0.1, 0.15) is 12.5 Å². The number of aliphatic imine (C=N–C) groups is 1. The second-order valence-corrected chi connectivity index (χ2v) is 10.6. The minimum Gasteiger partial charge on any atom is -0.357 e. The number of piperazine rings is 1. The Bertz CT molecular complexity index is 743. The van der Waals surface area contributed by atoms with Crippen LogP contribution in [-0.4, -0.2) is 98.1 Å². The van der Waals surface area contributed by atoms with Gasteiger partial charge in [-0.1, -0.05) is 30.3 Å². The highest BCUT2D eigenvalue weighted by Gasteiger charge is 2.24. The molecule has 2 aliphatic heterocycles. The van der Waals surface area contributed by atoms with Crippen molar-refractivity contribution in [2.24, 2.45) is 4.99 Å². The lowest BCUT2D eigenvalue weighted by atomic mass is 10.2. The van der Waals surface area contributed by atoms with Crippen molar-refractivity contribution in [1.82, 2.24) is 19.4 Å². The maximum Gasteiger partial charge on any atom is 0.215 e. The van der Waals surface area contributed by atoms with Gasteiger partial charge in [-0.3, -0.25) is 9.89 Å². The second kappa shape index (κ2) is 11.2. The number of thioether (sulfide) groups is 1. The Kier molecular flexibility index (Phi) is 8.65. The summed E-state index contributed by atoms with van der Waals surface area (Å²) < 4.78 is 26.7. The average Bonchev–Trinajstić information content (AvgIpc) is 2.75. The average molecular weight is 440 g/mol. The number of nitrogens with one attached hydrogen (secondary N) is 1. The molecule has 29 heavy (non-hydrogen) atoms. The molecule has 2 saturated heterocycles. The number of sulfonamides is 1. The summed E-state index contributed by atoms with van der Waals surface area (Å²) in [6, 6.07) is 10.5. The standard InChI is InChI=1S/C20H33N5O2S2/c1-2-21-20(22-8-17-29(26,27)25-13-15-28-16-14-25)24-11-9-23(10-12-24)18-19-6-4-3-5-7-19/h3-7H,2,8-18H2,1H3,(H,21,22). The van der Waals surface area contributed by atoms with Gasteiger partial charge in [0.2, 0.25) is 10.0 Å². The van der Waals surface area contributed by atoms with Gasteiger partial charge in [0, 0.05) is 63.9 Å². The van der Waals surface area contributed by atoms with E-state index in [1.807, 2.05) is 24.8 Å². The molecule has 2 aliphatic rings. The Morgan fingerprint density at radius 1 is 1.07 bits per heavy atom. The van der Waals surface area contributed by atoms with Gasteiger partial charge in [-0.05, 0) is 12.5 Å². The van der Waals surface area contributed by atoms with E-state index in [4.69, 9.17) is 0 Å². The van der Waals surface area contributed by atoms with E-state index in [-0.39, 0.29) is 5.75 Å². The molecule has 1 aromatic rings. The Morgan fingerprint density at radius 3 is 2.41 bits per heavy atom. The molecule has 2 heterocycles. The Labute approximate surface area is 179 Å². The van der Waals surface area contributed by atoms with Crippen LogP contribution in [0.2, 0.25) is 0 Å². The molecule has 0 atom stereocenters. The van der Waals surface area contributed by atoms with Crippen LogP contribution in [0.4, 0.5) is 0 Å². The molecule has 9 heteroatoms. The predicted octanol–water partition coefficient (Wildman–Crippen LogP) is 1.15. The molecule has 0 radical (unpaired) electrons. The van der Waals surface area contributed by atoms with Crippen LogP contribution in [0.3, 0.4) is 0 Å². The summed E-state index contributed by atoms with van der Waals surface area (Å²) >= 11 is 1.82. The molecule has 1 N–H and O–H groups in total. The van der Waals surface area contributed by atoms with Gasteiger partial charge in [-0.25, -0.2) is 12.7 Å². The van der Waals surface area contributed by atoms with Crippen molar-refractivity contribution in [3.05, 3.63) is 35.9 Å². The predicted molar refractivity (Wildman–Crippen MR) is 122 cm³/mol. The molecular weight excluding hydrogens is 406 g/mol. The Balaban J connectivity index is 1.50. The minimum atomic E-state index is -3.21. The largest absolute Gasteiger partial charge is 0.357 e. The fourth-order valence-corrected chi connectivity index (χ4v) is 6.06. The lowest BCUT2D eigenvalue weighted by Gasteiger charge is -2.36. The van der Waals surface area contributed by atoms with E-state index in [1.165, 1.54) is 5.56 Å². The number of hydrogen-bond acceptors (Lipinski definition) is 5. The van der Waals surface area contributed by atoms with Crippen LogP contribution in [0.5, 0.6) is 0 Å². The van der Waals surface area contributed by atoms with Gasteiger partial charge in [-0.15, -0.1) is 0 Å². The van der Waals surface area contributed by atoms with Crippen LogP contribution in [0.15, 0.2) is 35.3 Å². The van der Waals surface area contributed by atoms with Crippen molar-refractivity contribution in [1.29, 1.82) is 0 Å². The normalized spacial score (nSPS) is 20.0. The molecule has 0 unspecified atom stereocenters. The smallest absolute Gasteiger partial charge is 0.215 e. The highest BCUT2D eigenvalue weighted by molar-refractivity contribution is 7.99. The molecule has 7 nitrogen and oxygen atoms in total. The summed E-state index contributed by atoms with van der Waals surface area (Å²) in [6.07, 6.45) is 0. The first-order chi connectivity index (χ1) is 14.1. The van der Waals surface area contributed by atoms with Crippen molar-refractivity contribution in [2.45, 2.75) is 13.5 Å². The van der Waals surface area contributed by atoms with Crippen LogP contribution in [0, 0.1) is 0 Å². The Morgan fingerprint density at radius 2 is 1.76 bits per heavy atom. The molecule has 0 bridgehead atoms. The first-order valence-electron chi connectivity index (χ1n) is 10.4. The quantitative estimate of drug-likeness (QED) is 0.508. The molecular formula is C20H33N5O2S2. The highest BCUT2D eigenvalue weighted by Crippen LogP contribution is 2.13. The van der Waals surface area contributed by atoms with E-state index < -0.39 is 10.0 Å². The van der Waals surface area contributed by atoms with Crippen LogP contribution >= 0.6 is 11.8 Å². The molecule has 0 aromatic heterocycles. The summed E-state index contributed by atoms with van der Waals surface area (Å²) in [4.78, 5) is 9.33. The zero-order valence-corrected chi connectivity index (χ0v) is 18.9. The summed E-state index contributed by atoms with van der Waals surface area (Å²) in [5.41, 5.74) is 1.34. The first-order valence-corrected chi connectivity index (χ1v) is 13.2. The van der Waals surface area contributed by atoms with Crippen molar-refractivity contribution in [3.63, 3.8) is 0 Å². The van der Waals surface area contributed by atoms with Crippen LogP contribution in [-0.2, 0) is 16.6 Å². The molecule has 2 fully saturated rings. The highest BCUT2D eigenvalue weighted by atomic mass is 32.2. The van der Waals surface area contributed by atoms with Crippen LogP contribution in [0.25, 0.3) is 0 Å². The SMILES string of the molecule is CCNC(=NCCS(=O)(=O)N1CCSCC1)N1CCN(Cc2ccccc2)CC1. The van der Waals surface area contributed by atoms with E-state index >= 15 is 0 Å². The topological polar surface area (TPSA) is 68.2 Å². The van der Waals surface area contributed by atoms with Crippen molar-refractivity contribution in [2.75, 3.05) is 69.6 Å². The zero-order chi connectivity index (χ0) is 20.5. The third-order valence-corrected chi connectivity index (χ3v) is 8.02. The fraction of sp³-hybridized carbons (Fsp3) is 0.650. The molecule has 0 amide bonds. The second-order valence-electron chi connectivity index (χ2n) is 7.31. The molecule has 1 aromatic carbocycles.